The fourth-order valence-corrected chi connectivity index (χ4v) is 7.77. The number of allylic oxidation sites excluding steroid dienone is 1. The van der Waals surface area contributed by atoms with E-state index in [2.05, 4.69) is 17.4 Å². The van der Waals surface area contributed by atoms with Crippen LogP contribution in [0.2, 0.25) is 10.0 Å². The maximum atomic E-state index is 14.6. The average Bonchev–Trinajstić information content (AvgIpc) is 3.77. The fraction of sp³-hybridized carbons (Fsp3) is 0.364. The molecule has 1 aliphatic heterocycles. The Morgan fingerprint density at radius 2 is 1.71 bits per heavy atom. The van der Waals surface area contributed by atoms with Crippen molar-refractivity contribution in [1.29, 1.82) is 0 Å². The van der Waals surface area contributed by atoms with Crippen LogP contribution in [0.5, 0.6) is 0 Å². The van der Waals surface area contributed by atoms with Crippen LogP contribution in [0.25, 0.3) is 0 Å². The van der Waals surface area contributed by atoms with Gasteiger partial charge in [0, 0.05) is 28.5 Å². The lowest BCUT2D eigenvalue weighted by Crippen LogP contribution is -2.58. The Balaban J connectivity index is 1.56. The number of sulfonamides is 1. The standard InChI is InChI=1S/C33H36Cl2N2O3S/c1-3-18-33(2)20-29(26-10-7-11-28(35)19-26)31(25-14-16-27(34)17-15-25)37(32(33)38)30(24-12-13-24)21-36-41(39,40)22-23-8-5-4-6-9-23/h3-11,14-17,19,24,29-31,36H,1,12-13,18,20-22H2,2H3/t29-,30?,31-,33+/m1/s1. The van der Waals surface area contributed by atoms with Gasteiger partial charge in [0.1, 0.15) is 0 Å². The van der Waals surface area contributed by atoms with Gasteiger partial charge in [0.25, 0.3) is 0 Å². The van der Waals surface area contributed by atoms with Gasteiger partial charge in [0.05, 0.1) is 17.2 Å². The lowest BCUT2D eigenvalue weighted by atomic mass is 9.67. The molecule has 4 atom stereocenters. The van der Waals surface area contributed by atoms with Crippen molar-refractivity contribution in [3.05, 3.63) is 118 Å². The molecule has 41 heavy (non-hydrogen) atoms. The minimum absolute atomic E-state index is 0.0229. The van der Waals surface area contributed by atoms with Crippen LogP contribution in [0.3, 0.4) is 0 Å². The Bertz CT molecular complexity index is 1490. The average molecular weight is 612 g/mol. The lowest BCUT2D eigenvalue weighted by Gasteiger charge is -2.52. The molecule has 8 heteroatoms. The monoisotopic (exact) mass is 610 g/mol. The number of hydrogen-bond donors (Lipinski definition) is 1. The minimum atomic E-state index is -3.63. The number of halogens is 2. The molecule has 3 aromatic rings. The molecule has 0 radical (unpaired) electrons. The van der Waals surface area contributed by atoms with Crippen molar-refractivity contribution >= 4 is 39.1 Å². The number of nitrogens with zero attached hydrogens (tertiary/aromatic N) is 1. The van der Waals surface area contributed by atoms with Crippen LogP contribution in [0, 0.1) is 11.3 Å². The summed E-state index contributed by atoms with van der Waals surface area (Å²) in [7, 11) is -3.63. The van der Waals surface area contributed by atoms with E-state index in [4.69, 9.17) is 23.2 Å². The van der Waals surface area contributed by atoms with E-state index in [0.717, 1.165) is 29.5 Å². The smallest absolute Gasteiger partial charge is 0.229 e. The first kappa shape index (κ1) is 29.8. The number of hydrogen-bond acceptors (Lipinski definition) is 3. The summed E-state index contributed by atoms with van der Waals surface area (Å²) in [6.45, 7) is 6.12. The van der Waals surface area contributed by atoms with Crippen LogP contribution in [-0.2, 0) is 20.6 Å². The molecular formula is C33H36Cl2N2O3S. The van der Waals surface area contributed by atoms with E-state index in [1.807, 2.05) is 78.6 Å². The molecule has 0 spiro atoms. The number of carbonyl (C=O) groups is 1. The Morgan fingerprint density at radius 1 is 1.00 bits per heavy atom. The third-order valence-corrected chi connectivity index (χ3v) is 10.2. The molecule has 1 N–H and O–H groups in total. The molecular weight excluding hydrogens is 575 g/mol. The maximum Gasteiger partial charge on any atom is 0.229 e. The first-order chi connectivity index (χ1) is 19.6. The molecule has 1 saturated carbocycles. The molecule has 0 bridgehead atoms. The van der Waals surface area contributed by atoms with Crippen LogP contribution in [0.15, 0.2) is 91.5 Å². The molecule has 2 aliphatic rings. The molecule has 1 heterocycles. The van der Waals surface area contributed by atoms with E-state index in [-0.39, 0.29) is 42.1 Å². The molecule has 2 fully saturated rings. The largest absolute Gasteiger partial charge is 0.330 e. The van der Waals surface area contributed by atoms with Gasteiger partial charge < -0.3 is 4.90 Å². The first-order valence-corrected chi connectivity index (χ1v) is 16.5. The van der Waals surface area contributed by atoms with Gasteiger partial charge in [-0.3, -0.25) is 4.79 Å². The molecule has 0 aromatic heterocycles. The van der Waals surface area contributed by atoms with Crippen LogP contribution < -0.4 is 4.72 Å². The zero-order valence-corrected chi connectivity index (χ0v) is 25.5. The van der Waals surface area contributed by atoms with Crippen molar-refractivity contribution in [3.8, 4) is 0 Å². The molecule has 3 aromatic carbocycles. The molecule has 1 amide bonds. The Hall–Kier alpha value is -2.64. The highest BCUT2D eigenvalue weighted by Crippen LogP contribution is 2.54. The summed E-state index contributed by atoms with van der Waals surface area (Å²) in [6.07, 6.45) is 4.83. The number of benzene rings is 3. The number of nitrogens with one attached hydrogen (secondary N) is 1. The van der Waals surface area contributed by atoms with Crippen molar-refractivity contribution in [3.63, 3.8) is 0 Å². The van der Waals surface area contributed by atoms with Gasteiger partial charge in [-0.2, -0.15) is 0 Å². The summed E-state index contributed by atoms with van der Waals surface area (Å²) in [4.78, 5) is 16.6. The number of likely N-dealkylation sites (tertiary alicyclic amines) is 1. The summed E-state index contributed by atoms with van der Waals surface area (Å²) >= 11 is 12.8. The summed E-state index contributed by atoms with van der Waals surface area (Å²) in [5, 5.41) is 1.25. The van der Waals surface area contributed by atoms with E-state index in [0.29, 0.717) is 22.9 Å². The molecule has 5 nitrogen and oxygen atoms in total. The second kappa shape index (κ2) is 12.3. The van der Waals surface area contributed by atoms with E-state index in [1.165, 1.54) is 0 Å². The van der Waals surface area contributed by atoms with Gasteiger partial charge in [0.2, 0.25) is 15.9 Å². The summed E-state index contributed by atoms with van der Waals surface area (Å²) in [6, 6.07) is 24.0. The number of carbonyl (C=O) groups excluding carboxylic acids is 1. The highest BCUT2D eigenvalue weighted by atomic mass is 35.5. The predicted octanol–water partition coefficient (Wildman–Crippen LogP) is 7.53. The van der Waals surface area contributed by atoms with Gasteiger partial charge in [-0.05, 0) is 72.6 Å². The maximum absolute atomic E-state index is 14.6. The molecule has 1 saturated heterocycles. The van der Waals surface area contributed by atoms with Crippen molar-refractivity contribution in [2.45, 2.75) is 56.4 Å². The highest BCUT2D eigenvalue weighted by Gasteiger charge is 2.53. The molecule has 216 valence electrons. The van der Waals surface area contributed by atoms with Gasteiger partial charge >= 0.3 is 0 Å². The molecule has 1 unspecified atom stereocenters. The van der Waals surface area contributed by atoms with Crippen molar-refractivity contribution in [1.82, 2.24) is 9.62 Å². The predicted molar refractivity (Wildman–Crippen MR) is 166 cm³/mol. The highest BCUT2D eigenvalue weighted by molar-refractivity contribution is 7.88. The SMILES string of the molecule is C=CC[C@@]1(C)C[C@H](c2cccc(Cl)c2)[C@@H](c2ccc(Cl)cc2)N(C(CNS(=O)(=O)Cc2ccccc2)C2CC2)C1=O. The molecule has 5 rings (SSSR count). The van der Waals surface area contributed by atoms with Gasteiger partial charge in [-0.25, -0.2) is 13.1 Å². The van der Waals surface area contributed by atoms with Gasteiger partial charge in [0.15, 0.2) is 0 Å². The zero-order valence-electron chi connectivity index (χ0n) is 23.2. The number of amides is 1. The zero-order chi connectivity index (χ0) is 29.2. The third-order valence-electron chi connectivity index (χ3n) is 8.42. The van der Waals surface area contributed by atoms with E-state index >= 15 is 0 Å². The van der Waals surface area contributed by atoms with Crippen molar-refractivity contribution in [2.75, 3.05) is 6.54 Å². The lowest BCUT2D eigenvalue weighted by molar-refractivity contribution is -0.155. The summed E-state index contributed by atoms with van der Waals surface area (Å²) < 4.78 is 29.3. The van der Waals surface area contributed by atoms with E-state index < -0.39 is 15.4 Å². The Labute approximate surface area is 253 Å². The van der Waals surface area contributed by atoms with Crippen LogP contribution in [-0.4, -0.2) is 31.8 Å². The quantitative estimate of drug-likeness (QED) is 0.228. The van der Waals surface area contributed by atoms with E-state index in [9.17, 15) is 13.2 Å². The topological polar surface area (TPSA) is 66.5 Å². The van der Waals surface area contributed by atoms with E-state index in [1.54, 1.807) is 12.1 Å². The van der Waals surface area contributed by atoms with Crippen molar-refractivity contribution in [2.24, 2.45) is 11.3 Å². The van der Waals surface area contributed by atoms with Gasteiger partial charge in [-0.15, -0.1) is 6.58 Å². The fourth-order valence-electron chi connectivity index (χ4n) is 6.28. The van der Waals surface area contributed by atoms with Crippen LogP contribution in [0.1, 0.15) is 61.3 Å². The first-order valence-electron chi connectivity index (χ1n) is 14.1. The second-order valence-electron chi connectivity index (χ2n) is 11.6. The summed E-state index contributed by atoms with van der Waals surface area (Å²) in [5.74, 6) is 0.0489. The normalized spacial score (nSPS) is 23.8. The third kappa shape index (κ3) is 6.89. The second-order valence-corrected chi connectivity index (χ2v) is 14.3. The van der Waals surface area contributed by atoms with Gasteiger partial charge in [-0.1, -0.05) is 90.8 Å². The number of piperidine rings is 1. The number of rotatable bonds is 11. The molecule has 1 aliphatic carbocycles. The minimum Gasteiger partial charge on any atom is -0.330 e. The Kier molecular flexibility index (Phi) is 8.95. The van der Waals surface area contributed by atoms with Crippen LogP contribution >= 0.6 is 23.2 Å². The van der Waals surface area contributed by atoms with Crippen LogP contribution in [0.4, 0.5) is 0 Å². The Morgan fingerprint density at radius 3 is 2.34 bits per heavy atom. The van der Waals surface area contributed by atoms with Crippen molar-refractivity contribution < 1.29 is 13.2 Å². The summed E-state index contributed by atoms with van der Waals surface area (Å²) in [5.41, 5.74) is 2.03.